The number of rotatable bonds is 2. The van der Waals surface area contributed by atoms with Crippen molar-refractivity contribution in [3.05, 3.63) is 36.2 Å². The highest BCUT2D eigenvalue weighted by atomic mass is 16.4. The molecule has 1 atom stereocenters. The first kappa shape index (κ1) is 12.7. The molecule has 1 fully saturated rings. The minimum atomic E-state index is -0.936. The summed E-state index contributed by atoms with van der Waals surface area (Å²) in [4.78, 5) is 25.3. The molecule has 0 bridgehead atoms. The zero-order valence-corrected chi connectivity index (χ0v) is 10.9. The molecule has 6 heteroatoms. The van der Waals surface area contributed by atoms with Crippen LogP contribution in [0.15, 0.2) is 30.6 Å². The number of amides is 1. The molecule has 104 valence electrons. The number of piperidine rings is 1. The Hall–Kier alpha value is -2.37. The molecule has 20 heavy (non-hydrogen) atoms. The number of aliphatic carboxylic acids is 1. The van der Waals surface area contributed by atoms with E-state index in [1.54, 1.807) is 16.8 Å². The SMILES string of the molecule is O=C(O)[C@@H]1CCCCN1C(=O)c1cnn2ccccc12. The van der Waals surface area contributed by atoms with E-state index in [0.29, 0.717) is 24.0 Å². The molecule has 0 saturated carbocycles. The highest BCUT2D eigenvalue weighted by Gasteiger charge is 2.33. The molecule has 2 aromatic heterocycles. The molecule has 2 aromatic rings. The molecule has 6 nitrogen and oxygen atoms in total. The zero-order chi connectivity index (χ0) is 14.1. The van der Waals surface area contributed by atoms with Crippen LogP contribution < -0.4 is 0 Å². The maximum Gasteiger partial charge on any atom is 0.326 e. The highest BCUT2D eigenvalue weighted by Crippen LogP contribution is 2.21. The topological polar surface area (TPSA) is 74.9 Å². The van der Waals surface area contributed by atoms with Gasteiger partial charge >= 0.3 is 5.97 Å². The summed E-state index contributed by atoms with van der Waals surface area (Å²) in [5.41, 5.74) is 1.16. The normalized spacial score (nSPS) is 19.2. The van der Waals surface area contributed by atoms with E-state index in [4.69, 9.17) is 0 Å². The Morgan fingerprint density at radius 2 is 2.15 bits per heavy atom. The van der Waals surface area contributed by atoms with E-state index in [9.17, 15) is 14.7 Å². The van der Waals surface area contributed by atoms with Gasteiger partial charge in [-0.3, -0.25) is 4.79 Å². The molecule has 3 rings (SSSR count). The number of hydrogen-bond donors (Lipinski definition) is 1. The Morgan fingerprint density at radius 1 is 1.30 bits per heavy atom. The van der Waals surface area contributed by atoms with Crippen molar-refractivity contribution in [3.63, 3.8) is 0 Å². The number of carboxylic acids is 1. The van der Waals surface area contributed by atoms with Gasteiger partial charge in [-0.05, 0) is 31.4 Å². The van der Waals surface area contributed by atoms with Gasteiger partial charge in [-0.15, -0.1) is 0 Å². The van der Waals surface area contributed by atoms with Crippen LogP contribution in [-0.4, -0.2) is 44.1 Å². The summed E-state index contributed by atoms with van der Waals surface area (Å²) in [6.07, 6.45) is 5.46. The molecular weight excluding hydrogens is 258 g/mol. The number of fused-ring (bicyclic) bond motifs is 1. The summed E-state index contributed by atoms with van der Waals surface area (Å²) in [6.45, 7) is 0.486. The largest absolute Gasteiger partial charge is 0.480 e. The second-order valence-corrected chi connectivity index (χ2v) is 4.94. The van der Waals surface area contributed by atoms with Crippen LogP contribution in [0.3, 0.4) is 0 Å². The van der Waals surface area contributed by atoms with E-state index < -0.39 is 12.0 Å². The van der Waals surface area contributed by atoms with E-state index in [-0.39, 0.29) is 5.91 Å². The van der Waals surface area contributed by atoms with E-state index in [0.717, 1.165) is 12.8 Å². The van der Waals surface area contributed by atoms with Crippen LogP contribution >= 0.6 is 0 Å². The van der Waals surface area contributed by atoms with Crippen LogP contribution in [0.1, 0.15) is 29.6 Å². The number of nitrogens with zero attached hydrogens (tertiary/aromatic N) is 3. The van der Waals surface area contributed by atoms with Crippen molar-refractivity contribution in [2.75, 3.05) is 6.54 Å². The number of carboxylic acid groups (broad SMARTS) is 1. The predicted molar refractivity (Wildman–Crippen MR) is 71.5 cm³/mol. The Kier molecular flexibility index (Phi) is 3.14. The molecule has 0 radical (unpaired) electrons. The van der Waals surface area contributed by atoms with Gasteiger partial charge in [0.05, 0.1) is 17.3 Å². The fraction of sp³-hybridized carbons (Fsp3) is 0.357. The van der Waals surface area contributed by atoms with Gasteiger partial charge in [-0.2, -0.15) is 5.10 Å². The van der Waals surface area contributed by atoms with Crippen LogP contribution in [0, 0.1) is 0 Å². The van der Waals surface area contributed by atoms with Gasteiger partial charge in [0.15, 0.2) is 0 Å². The summed E-state index contributed by atoms with van der Waals surface area (Å²) >= 11 is 0. The molecule has 1 saturated heterocycles. The average Bonchev–Trinajstić information content (AvgIpc) is 2.90. The van der Waals surface area contributed by atoms with Gasteiger partial charge in [0.25, 0.3) is 5.91 Å². The van der Waals surface area contributed by atoms with Gasteiger partial charge < -0.3 is 10.0 Å². The standard InChI is InChI=1S/C14H15N3O3/c18-13(16-7-3-1-6-12(16)14(19)20)10-9-15-17-8-4-2-5-11(10)17/h2,4-5,8-9,12H,1,3,6-7H2,(H,19,20)/t12-/m0/s1. The van der Waals surface area contributed by atoms with Crippen molar-refractivity contribution >= 4 is 17.4 Å². The lowest BCUT2D eigenvalue weighted by Crippen LogP contribution is -2.47. The summed E-state index contributed by atoms with van der Waals surface area (Å²) in [5.74, 6) is -1.19. The average molecular weight is 273 g/mol. The van der Waals surface area contributed by atoms with Crippen LogP contribution in [0.25, 0.3) is 5.52 Å². The number of likely N-dealkylation sites (tertiary alicyclic amines) is 1. The van der Waals surface area contributed by atoms with Gasteiger partial charge in [0.1, 0.15) is 6.04 Å². The van der Waals surface area contributed by atoms with E-state index in [1.807, 2.05) is 12.1 Å². The Balaban J connectivity index is 1.96. The third kappa shape index (κ3) is 2.03. The van der Waals surface area contributed by atoms with E-state index in [2.05, 4.69) is 5.10 Å². The minimum absolute atomic E-state index is 0.252. The van der Waals surface area contributed by atoms with Crippen molar-refractivity contribution < 1.29 is 14.7 Å². The number of carbonyl (C=O) groups is 2. The molecular formula is C14H15N3O3. The van der Waals surface area contributed by atoms with Gasteiger partial charge in [0.2, 0.25) is 0 Å². The van der Waals surface area contributed by atoms with Crippen molar-refractivity contribution in [3.8, 4) is 0 Å². The van der Waals surface area contributed by atoms with E-state index in [1.165, 1.54) is 11.1 Å². The lowest BCUT2D eigenvalue weighted by molar-refractivity contribution is -0.143. The van der Waals surface area contributed by atoms with Gasteiger partial charge in [0, 0.05) is 12.7 Å². The van der Waals surface area contributed by atoms with Crippen molar-refractivity contribution in [2.24, 2.45) is 0 Å². The first-order chi connectivity index (χ1) is 9.68. The smallest absolute Gasteiger partial charge is 0.326 e. The molecule has 1 aliphatic heterocycles. The summed E-state index contributed by atoms with van der Waals surface area (Å²) < 4.78 is 1.62. The van der Waals surface area contributed by atoms with Crippen molar-refractivity contribution in [1.82, 2.24) is 14.5 Å². The van der Waals surface area contributed by atoms with Crippen LogP contribution in [0.4, 0.5) is 0 Å². The number of aromatic nitrogens is 2. The van der Waals surface area contributed by atoms with Crippen molar-refractivity contribution in [1.29, 1.82) is 0 Å². The maximum absolute atomic E-state index is 12.6. The highest BCUT2D eigenvalue weighted by molar-refractivity contribution is 6.02. The minimum Gasteiger partial charge on any atom is -0.480 e. The summed E-state index contributed by atoms with van der Waals surface area (Å²) in [5, 5.41) is 13.4. The van der Waals surface area contributed by atoms with Crippen LogP contribution in [0.5, 0.6) is 0 Å². The van der Waals surface area contributed by atoms with Crippen molar-refractivity contribution in [2.45, 2.75) is 25.3 Å². The monoisotopic (exact) mass is 273 g/mol. The zero-order valence-electron chi connectivity index (χ0n) is 10.9. The molecule has 0 aliphatic carbocycles. The summed E-state index contributed by atoms with van der Waals surface area (Å²) in [6, 6.07) is 4.74. The van der Waals surface area contributed by atoms with Crippen LogP contribution in [0.2, 0.25) is 0 Å². The number of pyridine rings is 1. The lowest BCUT2D eigenvalue weighted by Gasteiger charge is -2.32. The Bertz CT molecular complexity index is 664. The quantitative estimate of drug-likeness (QED) is 0.897. The number of carbonyl (C=O) groups excluding carboxylic acids is 1. The third-order valence-corrected chi connectivity index (χ3v) is 3.71. The van der Waals surface area contributed by atoms with Gasteiger partial charge in [-0.1, -0.05) is 6.07 Å². The molecule has 1 amide bonds. The first-order valence-corrected chi connectivity index (χ1v) is 6.64. The first-order valence-electron chi connectivity index (χ1n) is 6.64. The molecule has 1 N–H and O–H groups in total. The maximum atomic E-state index is 12.6. The summed E-state index contributed by atoms with van der Waals surface area (Å²) in [7, 11) is 0. The fourth-order valence-corrected chi connectivity index (χ4v) is 2.69. The molecule has 1 aliphatic rings. The number of hydrogen-bond acceptors (Lipinski definition) is 3. The molecule has 3 heterocycles. The third-order valence-electron chi connectivity index (χ3n) is 3.71. The second kappa shape index (κ2) is 4.96. The van der Waals surface area contributed by atoms with E-state index >= 15 is 0 Å². The Morgan fingerprint density at radius 3 is 2.95 bits per heavy atom. The Labute approximate surface area is 115 Å². The second-order valence-electron chi connectivity index (χ2n) is 4.94. The van der Waals surface area contributed by atoms with Gasteiger partial charge in [-0.25, -0.2) is 9.31 Å². The molecule has 0 spiro atoms. The predicted octanol–water partition coefficient (Wildman–Crippen LogP) is 1.41. The molecule has 0 aromatic carbocycles. The fourth-order valence-electron chi connectivity index (χ4n) is 2.69. The lowest BCUT2D eigenvalue weighted by atomic mass is 10.0. The van der Waals surface area contributed by atoms with Crippen LogP contribution in [-0.2, 0) is 4.79 Å². The molecule has 0 unspecified atom stereocenters.